The van der Waals surface area contributed by atoms with E-state index in [1.165, 1.54) is 21.6 Å². The Morgan fingerprint density at radius 2 is 1.53 bits per heavy atom. The molecule has 1 saturated heterocycles. The van der Waals surface area contributed by atoms with Crippen molar-refractivity contribution < 1.29 is 37.2 Å². The summed E-state index contributed by atoms with van der Waals surface area (Å²) in [6.45, 7) is 0.0382. The highest BCUT2D eigenvalue weighted by Crippen LogP contribution is 2.40. The monoisotopic (exact) mass is 918 g/mol. The van der Waals surface area contributed by atoms with E-state index < -0.39 is 57.6 Å². The zero-order chi connectivity index (χ0) is 45.2. The first kappa shape index (κ1) is 47.6. The Labute approximate surface area is 377 Å². The van der Waals surface area contributed by atoms with Crippen LogP contribution in [-0.2, 0) is 77.9 Å². The van der Waals surface area contributed by atoms with Crippen molar-refractivity contribution in [3.63, 3.8) is 0 Å². The lowest BCUT2D eigenvalue weighted by Gasteiger charge is -2.28. The number of benzene rings is 3. The van der Waals surface area contributed by atoms with Gasteiger partial charge in [0, 0.05) is 39.1 Å². The number of anilines is 1. The summed E-state index contributed by atoms with van der Waals surface area (Å²) in [6, 6.07) is 12.4. The molecule has 1 aromatic heterocycles. The first-order chi connectivity index (χ1) is 30.0. The highest BCUT2D eigenvalue weighted by Gasteiger charge is 2.44. The highest BCUT2D eigenvalue weighted by molar-refractivity contribution is 7.90. The third kappa shape index (κ3) is 10.4. The summed E-state index contributed by atoms with van der Waals surface area (Å²) in [7, 11) is -1.71. The predicted molar refractivity (Wildman–Crippen MR) is 241 cm³/mol. The molecule has 1 unspecified atom stereocenters. The van der Waals surface area contributed by atoms with Crippen molar-refractivity contribution in [1.82, 2.24) is 25.1 Å². The molecule has 7 rings (SSSR count). The number of aromatic nitrogens is 2. The molecule has 342 valence electrons. The number of unbranched alkanes of at least 4 members (excludes halogenated alkanes) is 3. The molecule has 0 spiro atoms. The number of sulfone groups is 1. The van der Waals surface area contributed by atoms with Crippen LogP contribution in [0.1, 0.15) is 91.6 Å². The number of imide groups is 1. The molecule has 7 N–H and O–H groups in total. The molecule has 0 aliphatic carbocycles. The van der Waals surface area contributed by atoms with E-state index in [-0.39, 0.29) is 73.5 Å². The van der Waals surface area contributed by atoms with E-state index in [4.69, 9.17) is 11.5 Å². The van der Waals surface area contributed by atoms with Crippen molar-refractivity contribution in [2.45, 2.75) is 119 Å². The number of carbonyl (C=O) groups excluding carboxylic acids is 6. The molecule has 0 radical (unpaired) electrons. The molecule has 19 heteroatoms. The minimum absolute atomic E-state index is 0. The van der Waals surface area contributed by atoms with Crippen LogP contribution < -0.4 is 38.0 Å². The lowest BCUT2D eigenvalue weighted by molar-refractivity contribution is -0.136. The Bertz CT molecular complexity index is 2660. The summed E-state index contributed by atoms with van der Waals surface area (Å²) >= 11 is 0. The number of aryl methyl sites for hydroxylation is 4. The van der Waals surface area contributed by atoms with Gasteiger partial charge in [0.25, 0.3) is 0 Å². The first-order valence-corrected chi connectivity index (χ1v) is 23.3. The molecule has 17 nitrogen and oxygen atoms in total. The summed E-state index contributed by atoms with van der Waals surface area (Å²) in [6.07, 6.45) is 7.95. The predicted octanol–water partition coefficient (Wildman–Crippen LogP) is 2.09. The number of hydrogen-bond acceptors (Lipinski definition) is 10. The second-order valence-corrected chi connectivity index (χ2v) is 19.0. The van der Waals surface area contributed by atoms with Crippen LogP contribution in [0.4, 0.5) is 5.69 Å². The highest BCUT2D eigenvalue weighted by atomic mass is 35.5. The first-order valence-electron chi connectivity index (χ1n) is 21.4. The van der Waals surface area contributed by atoms with Crippen molar-refractivity contribution >= 4 is 74.4 Å². The van der Waals surface area contributed by atoms with E-state index in [0.29, 0.717) is 29.6 Å². The third-order valence-corrected chi connectivity index (χ3v) is 13.5. The molecule has 0 bridgehead atoms. The average Bonchev–Trinajstić information content (AvgIpc) is 3.71. The van der Waals surface area contributed by atoms with Crippen molar-refractivity contribution in [3.05, 3.63) is 92.9 Å². The van der Waals surface area contributed by atoms with Crippen LogP contribution in [0.2, 0.25) is 0 Å². The maximum absolute atomic E-state index is 14.1. The van der Waals surface area contributed by atoms with Gasteiger partial charge in [-0.2, -0.15) is 0 Å². The summed E-state index contributed by atoms with van der Waals surface area (Å²) in [5.41, 5.74) is 18.2. The van der Waals surface area contributed by atoms with Crippen molar-refractivity contribution in [1.29, 1.82) is 0 Å². The van der Waals surface area contributed by atoms with Crippen molar-refractivity contribution in [2.75, 3.05) is 11.2 Å². The Kier molecular flexibility index (Phi) is 14.8. The van der Waals surface area contributed by atoms with Gasteiger partial charge >= 0.3 is 5.69 Å². The lowest BCUT2D eigenvalue weighted by atomic mass is 9.95. The van der Waals surface area contributed by atoms with E-state index in [1.807, 2.05) is 18.2 Å². The van der Waals surface area contributed by atoms with Gasteiger partial charge in [-0.25, -0.2) is 13.2 Å². The Morgan fingerprint density at radius 3 is 2.20 bits per heavy atom. The summed E-state index contributed by atoms with van der Waals surface area (Å²) in [4.78, 5) is 91.9. The molecule has 6 amide bonds. The number of fused-ring (bicyclic) bond motifs is 1. The molecule has 4 heterocycles. The molecule has 64 heavy (non-hydrogen) atoms. The standard InChI is InChI=1S/C45H54N8O9S.ClH/c1-51-36-23-26(11-17-34(36)52(45(51)60)35-18-20-39(55)50-42(35)57)7-5-3-4-6-8-28-21-29-12-15-32(46)44(59)53-37(24-30(22-28)40(29)53)43(58)49-33(16-19-38(47)54)41(56)48-25-27-9-13-31(14-10-27)63(2,61)62;/h9-11,13-14,17,21-23,32-33,35,37H,3-8,12,15-16,18-20,24-25,46H2,1-2H3,(H2,47,54)(H,48,56)(H,49,58)(H,50,55,57);1H/t32-,33-,35?,37-;/m0./s1. The van der Waals surface area contributed by atoms with Crippen LogP contribution in [0.5, 0.6) is 0 Å². The zero-order valence-corrected chi connectivity index (χ0v) is 37.5. The number of amides is 6. The van der Waals surface area contributed by atoms with Gasteiger partial charge in [0.2, 0.25) is 35.4 Å². The van der Waals surface area contributed by atoms with Gasteiger partial charge in [-0.15, -0.1) is 12.4 Å². The van der Waals surface area contributed by atoms with Gasteiger partial charge in [-0.3, -0.25) is 48.1 Å². The largest absolute Gasteiger partial charge is 0.370 e. The topological polar surface area (TPSA) is 255 Å². The molecular formula is C45H55ClN8O9S. The van der Waals surface area contributed by atoms with Gasteiger partial charge in [0.15, 0.2) is 9.84 Å². The van der Waals surface area contributed by atoms with Crippen LogP contribution in [0.25, 0.3) is 11.0 Å². The Balaban J connectivity index is 0.00000680. The second kappa shape index (κ2) is 19.9. The van der Waals surface area contributed by atoms with Crippen molar-refractivity contribution in [2.24, 2.45) is 18.5 Å². The van der Waals surface area contributed by atoms with Gasteiger partial charge in [-0.05, 0) is 103 Å². The summed E-state index contributed by atoms with van der Waals surface area (Å²) < 4.78 is 26.7. The lowest BCUT2D eigenvalue weighted by Crippen LogP contribution is -2.56. The number of nitrogens with zero attached hydrogens (tertiary/aromatic N) is 3. The van der Waals surface area contributed by atoms with Crippen LogP contribution in [-0.4, -0.2) is 77.4 Å². The second-order valence-electron chi connectivity index (χ2n) is 17.0. The number of halogens is 1. The molecule has 3 aliphatic rings. The summed E-state index contributed by atoms with van der Waals surface area (Å²) in [5, 5.41) is 7.87. The number of rotatable bonds is 17. The zero-order valence-electron chi connectivity index (χ0n) is 35.9. The Morgan fingerprint density at radius 1 is 0.859 bits per heavy atom. The normalized spacial score (nSPS) is 18.8. The van der Waals surface area contributed by atoms with Crippen molar-refractivity contribution in [3.8, 4) is 0 Å². The molecule has 1 fully saturated rings. The van der Waals surface area contributed by atoms with Gasteiger partial charge in [0.1, 0.15) is 18.1 Å². The molecule has 4 atom stereocenters. The Hall–Kier alpha value is -5.85. The number of nitrogens with one attached hydrogen (secondary N) is 3. The quantitative estimate of drug-likeness (QED) is 0.0762. The maximum Gasteiger partial charge on any atom is 0.329 e. The maximum atomic E-state index is 14.1. The number of carbonyl (C=O) groups is 6. The number of hydrogen-bond donors (Lipinski definition) is 5. The number of nitrogens with two attached hydrogens (primary N) is 2. The number of imidazole rings is 1. The number of piperidine rings is 1. The van der Waals surface area contributed by atoms with E-state index in [9.17, 15) is 42.0 Å². The molecular weight excluding hydrogens is 864 g/mol. The molecule has 4 aromatic rings. The van der Waals surface area contributed by atoms with Gasteiger partial charge in [0.05, 0.1) is 27.7 Å². The fourth-order valence-electron chi connectivity index (χ4n) is 8.97. The summed E-state index contributed by atoms with van der Waals surface area (Å²) in [5.74, 6) is -2.94. The number of primary amides is 1. The van der Waals surface area contributed by atoms with E-state index in [1.54, 1.807) is 23.7 Å². The SMILES string of the molecule is Cl.Cn1c(=O)n(C2CCC(=O)NC2=O)c2ccc(CCCCCCc3cc4c5c(c3)C[C@@H](C(=O)N[C@@H](CCC(N)=O)C(=O)NCc3ccc(S(C)(=O)=O)cc3)N5C(=O)[C@@H](N)CC4)cc21. The minimum atomic E-state index is -3.40. The van der Waals surface area contributed by atoms with Gasteiger partial charge < -0.3 is 22.1 Å². The third-order valence-electron chi connectivity index (χ3n) is 12.4. The van der Waals surface area contributed by atoms with Crippen LogP contribution in [0, 0.1) is 0 Å². The van der Waals surface area contributed by atoms with E-state index in [0.717, 1.165) is 72.6 Å². The van der Waals surface area contributed by atoms with Gasteiger partial charge in [-0.1, -0.05) is 43.2 Å². The fourth-order valence-corrected chi connectivity index (χ4v) is 9.60. The molecule has 0 saturated carbocycles. The molecule has 3 aliphatic heterocycles. The molecule has 3 aromatic carbocycles. The minimum Gasteiger partial charge on any atom is -0.370 e. The van der Waals surface area contributed by atoms with E-state index in [2.05, 4.69) is 28.1 Å². The average molecular weight is 920 g/mol. The fraction of sp³-hybridized carbons (Fsp3) is 0.444. The van der Waals surface area contributed by atoms with Crippen LogP contribution in [0.15, 0.2) is 64.3 Å². The van der Waals surface area contributed by atoms with E-state index >= 15 is 0 Å². The van der Waals surface area contributed by atoms with Crippen LogP contribution >= 0.6 is 12.4 Å². The van der Waals surface area contributed by atoms with Crippen LogP contribution in [0.3, 0.4) is 0 Å². The smallest absolute Gasteiger partial charge is 0.329 e.